The minimum absolute atomic E-state index is 0.122. The summed E-state index contributed by atoms with van der Waals surface area (Å²) in [6.07, 6.45) is 1.42. The third-order valence-electron chi connectivity index (χ3n) is 2.97. The number of benzene rings is 2. The Kier molecular flexibility index (Phi) is 5.76. The van der Waals surface area contributed by atoms with Gasteiger partial charge >= 0.3 is 0 Å². The van der Waals surface area contributed by atoms with E-state index in [1.54, 1.807) is 18.2 Å². The summed E-state index contributed by atoms with van der Waals surface area (Å²) < 4.78 is 0.976. The molecule has 0 bridgehead atoms. The summed E-state index contributed by atoms with van der Waals surface area (Å²) in [5.41, 5.74) is 4.96. The summed E-state index contributed by atoms with van der Waals surface area (Å²) in [4.78, 5) is 11.7. The number of amides is 1. The second kappa shape index (κ2) is 7.79. The molecule has 0 aromatic heterocycles. The molecule has 0 spiro atoms. The van der Waals surface area contributed by atoms with Crippen LogP contribution in [0.25, 0.3) is 0 Å². The zero-order chi connectivity index (χ0) is 15.9. The van der Waals surface area contributed by atoms with Gasteiger partial charge in [-0.1, -0.05) is 18.2 Å². The van der Waals surface area contributed by atoms with E-state index in [-0.39, 0.29) is 18.2 Å². The third-order valence-corrected chi connectivity index (χ3v) is 3.64. The predicted octanol–water partition coefficient (Wildman–Crippen LogP) is 2.87. The van der Waals surface area contributed by atoms with E-state index in [2.05, 4.69) is 38.4 Å². The number of halogens is 1. The van der Waals surface area contributed by atoms with Gasteiger partial charge < -0.3 is 10.4 Å². The van der Waals surface area contributed by atoms with Gasteiger partial charge in [-0.05, 0) is 59.3 Å². The molecule has 0 fully saturated rings. The summed E-state index contributed by atoms with van der Waals surface area (Å²) in [5.74, 6) is -0.138. The molecule has 0 heterocycles. The van der Waals surface area contributed by atoms with Crippen molar-refractivity contribution in [3.8, 4) is 5.75 Å². The Hall–Kier alpha value is -2.09. The quantitative estimate of drug-likeness (QED) is 0.404. The molecule has 2 aromatic carbocycles. The first kappa shape index (κ1) is 16.3. The summed E-state index contributed by atoms with van der Waals surface area (Å²) >= 11 is 2.14. The number of rotatable bonds is 5. The van der Waals surface area contributed by atoms with Crippen LogP contribution in [0.2, 0.25) is 0 Å². The van der Waals surface area contributed by atoms with Crippen molar-refractivity contribution in [3.63, 3.8) is 0 Å². The van der Waals surface area contributed by atoms with Crippen LogP contribution in [0, 0.1) is 10.5 Å². The van der Waals surface area contributed by atoms with Crippen LogP contribution in [0.15, 0.2) is 47.6 Å². The lowest BCUT2D eigenvalue weighted by Gasteiger charge is -2.07. The Morgan fingerprint density at radius 1 is 1.32 bits per heavy atom. The molecular formula is C16H16IN3O2. The molecule has 0 saturated carbocycles. The first-order valence-electron chi connectivity index (χ1n) is 6.66. The number of aromatic hydroxyl groups is 1. The molecule has 2 aromatic rings. The molecule has 5 nitrogen and oxygen atoms in total. The lowest BCUT2D eigenvalue weighted by molar-refractivity contribution is -0.119. The van der Waals surface area contributed by atoms with Crippen molar-refractivity contribution in [1.82, 2.24) is 5.43 Å². The fourth-order valence-corrected chi connectivity index (χ4v) is 2.30. The summed E-state index contributed by atoms with van der Waals surface area (Å²) in [6.45, 7) is 2.10. The van der Waals surface area contributed by atoms with E-state index in [0.717, 1.165) is 14.8 Å². The van der Waals surface area contributed by atoms with Crippen molar-refractivity contribution in [1.29, 1.82) is 0 Å². The number of nitrogens with zero attached hydrogens (tertiary/aromatic N) is 1. The average molecular weight is 409 g/mol. The standard InChI is InChI=1S/C16H16IN3O2/c1-11-4-2-3-5-14(11)18-10-16(22)20-19-9-12-8-13(17)6-7-15(12)21/h2-9,18,21H,10H2,1H3,(H,20,22). The maximum atomic E-state index is 11.7. The molecule has 0 saturated heterocycles. The summed E-state index contributed by atoms with van der Waals surface area (Å²) in [7, 11) is 0. The van der Waals surface area contributed by atoms with Crippen molar-refractivity contribution in [2.45, 2.75) is 6.92 Å². The van der Waals surface area contributed by atoms with Gasteiger partial charge in [0.2, 0.25) is 0 Å². The van der Waals surface area contributed by atoms with Gasteiger partial charge in [0.05, 0.1) is 12.8 Å². The smallest absolute Gasteiger partial charge is 0.259 e. The zero-order valence-corrected chi connectivity index (χ0v) is 14.2. The number of para-hydroxylation sites is 1. The monoisotopic (exact) mass is 409 g/mol. The van der Waals surface area contributed by atoms with Gasteiger partial charge in [-0.25, -0.2) is 5.43 Å². The summed E-state index contributed by atoms with van der Waals surface area (Å²) in [6, 6.07) is 12.9. The maximum Gasteiger partial charge on any atom is 0.259 e. The fraction of sp³-hybridized carbons (Fsp3) is 0.125. The van der Waals surface area contributed by atoms with Crippen molar-refractivity contribution in [3.05, 3.63) is 57.2 Å². The number of carbonyl (C=O) groups excluding carboxylic acids is 1. The highest BCUT2D eigenvalue weighted by molar-refractivity contribution is 14.1. The van der Waals surface area contributed by atoms with Crippen LogP contribution in [0.1, 0.15) is 11.1 Å². The van der Waals surface area contributed by atoms with Crippen molar-refractivity contribution in [2.24, 2.45) is 5.10 Å². The Labute approximate surface area is 142 Å². The average Bonchev–Trinajstić information content (AvgIpc) is 2.50. The lowest BCUT2D eigenvalue weighted by Crippen LogP contribution is -2.26. The second-order valence-corrected chi connectivity index (χ2v) is 5.91. The van der Waals surface area contributed by atoms with Crippen molar-refractivity contribution in [2.75, 3.05) is 11.9 Å². The van der Waals surface area contributed by atoms with Crippen LogP contribution in [0.4, 0.5) is 5.69 Å². The highest BCUT2D eigenvalue weighted by atomic mass is 127. The first-order valence-corrected chi connectivity index (χ1v) is 7.74. The van der Waals surface area contributed by atoms with Crippen LogP contribution in [-0.2, 0) is 4.79 Å². The van der Waals surface area contributed by atoms with E-state index in [1.807, 2.05) is 31.2 Å². The number of hydrogen-bond donors (Lipinski definition) is 3. The second-order valence-electron chi connectivity index (χ2n) is 4.66. The largest absolute Gasteiger partial charge is 0.507 e. The van der Waals surface area contributed by atoms with Crippen molar-refractivity contribution < 1.29 is 9.90 Å². The Balaban J connectivity index is 1.86. The molecule has 0 aliphatic carbocycles. The number of hydrogen-bond acceptors (Lipinski definition) is 4. The first-order chi connectivity index (χ1) is 10.6. The van der Waals surface area contributed by atoms with Gasteiger partial charge in [0, 0.05) is 14.8 Å². The molecule has 0 radical (unpaired) electrons. The third kappa shape index (κ3) is 4.73. The highest BCUT2D eigenvalue weighted by Crippen LogP contribution is 2.17. The van der Waals surface area contributed by atoms with Gasteiger partial charge in [0.15, 0.2) is 0 Å². The Morgan fingerprint density at radius 3 is 2.86 bits per heavy atom. The van der Waals surface area contributed by atoms with Crippen LogP contribution < -0.4 is 10.7 Å². The van der Waals surface area contributed by atoms with Gasteiger partial charge in [0.1, 0.15) is 5.75 Å². The Morgan fingerprint density at radius 2 is 2.09 bits per heavy atom. The lowest BCUT2D eigenvalue weighted by atomic mass is 10.2. The number of phenolic OH excluding ortho intramolecular Hbond substituents is 1. The maximum absolute atomic E-state index is 11.7. The number of phenols is 1. The van der Waals surface area contributed by atoms with Gasteiger partial charge in [-0.15, -0.1) is 0 Å². The van der Waals surface area contributed by atoms with Gasteiger partial charge in [-0.3, -0.25) is 4.79 Å². The molecule has 0 unspecified atom stereocenters. The number of carbonyl (C=O) groups is 1. The number of anilines is 1. The topological polar surface area (TPSA) is 73.7 Å². The molecule has 114 valence electrons. The van der Waals surface area contributed by atoms with Crippen molar-refractivity contribution >= 4 is 40.4 Å². The molecule has 1 amide bonds. The summed E-state index contributed by atoms with van der Waals surface area (Å²) in [5, 5.41) is 16.6. The Bertz CT molecular complexity index is 702. The minimum atomic E-state index is -0.260. The van der Waals surface area contributed by atoms with E-state index in [9.17, 15) is 9.90 Å². The van der Waals surface area contributed by atoms with Crippen LogP contribution >= 0.6 is 22.6 Å². The predicted molar refractivity (Wildman–Crippen MR) is 96.2 cm³/mol. The SMILES string of the molecule is Cc1ccccc1NCC(=O)NN=Cc1cc(I)ccc1O. The molecule has 22 heavy (non-hydrogen) atoms. The number of nitrogens with one attached hydrogen (secondary N) is 2. The van der Waals surface area contributed by atoms with E-state index in [0.29, 0.717) is 5.56 Å². The fourth-order valence-electron chi connectivity index (χ4n) is 1.79. The van der Waals surface area contributed by atoms with E-state index in [1.165, 1.54) is 6.21 Å². The molecule has 0 atom stereocenters. The normalized spacial score (nSPS) is 10.6. The van der Waals surface area contributed by atoms with Gasteiger partial charge in [0.25, 0.3) is 5.91 Å². The number of hydrazone groups is 1. The molecule has 6 heteroatoms. The minimum Gasteiger partial charge on any atom is -0.507 e. The number of aryl methyl sites for hydroxylation is 1. The molecule has 2 rings (SSSR count). The molecule has 0 aliphatic heterocycles. The van der Waals surface area contributed by atoms with Gasteiger partial charge in [-0.2, -0.15) is 5.10 Å². The van der Waals surface area contributed by atoms with Crippen LogP contribution in [0.5, 0.6) is 5.75 Å². The molecule has 0 aliphatic rings. The zero-order valence-electron chi connectivity index (χ0n) is 12.0. The van der Waals surface area contributed by atoms with E-state index >= 15 is 0 Å². The molecule has 3 N–H and O–H groups in total. The van der Waals surface area contributed by atoms with Crippen LogP contribution in [-0.4, -0.2) is 23.8 Å². The van der Waals surface area contributed by atoms with E-state index in [4.69, 9.17) is 0 Å². The van der Waals surface area contributed by atoms with E-state index < -0.39 is 0 Å². The van der Waals surface area contributed by atoms with Crippen LogP contribution in [0.3, 0.4) is 0 Å². The molecular weight excluding hydrogens is 393 g/mol. The highest BCUT2D eigenvalue weighted by Gasteiger charge is 2.02.